The van der Waals surface area contributed by atoms with Gasteiger partial charge in [-0.2, -0.15) is 0 Å². The lowest BCUT2D eigenvalue weighted by Crippen LogP contribution is -2.49. The molecule has 1 aliphatic carbocycles. The van der Waals surface area contributed by atoms with E-state index in [1.165, 1.54) is 6.42 Å². The second kappa shape index (κ2) is 5.06. The van der Waals surface area contributed by atoms with Crippen LogP contribution < -0.4 is 5.32 Å². The van der Waals surface area contributed by atoms with Crippen LogP contribution >= 0.6 is 0 Å². The molecule has 3 unspecified atom stereocenters. The molecule has 0 aromatic rings. The molecule has 4 heteroatoms. The van der Waals surface area contributed by atoms with E-state index in [0.717, 1.165) is 52.1 Å². The molecule has 0 bridgehead atoms. The maximum absolute atomic E-state index is 12.5. The summed E-state index contributed by atoms with van der Waals surface area (Å²) in [6.07, 6.45) is 3.41. The largest absolute Gasteiger partial charge is 0.341 e. The first-order valence-electron chi connectivity index (χ1n) is 7.87. The summed E-state index contributed by atoms with van der Waals surface area (Å²) in [4.78, 5) is 17.2. The summed E-state index contributed by atoms with van der Waals surface area (Å²) < 4.78 is 0. The highest BCUT2D eigenvalue weighted by Crippen LogP contribution is 2.55. The van der Waals surface area contributed by atoms with Gasteiger partial charge in [0.2, 0.25) is 5.91 Å². The monoisotopic (exact) mass is 265 g/mol. The summed E-state index contributed by atoms with van der Waals surface area (Å²) >= 11 is 0. The van der Waals surface area contributed by atoms with Crippen molar-refractivity contribution >= 4 is 5.91 Å². The third kappa shape index (κ3) is 2.52. The molecule has 2 aliphatic heterocycles. The minimum absolute atomic E-state index is 0.310. The molecule has 108 valence electrons. The molecule has 0 radical (unpaired) electrons. The predicted molar refractivity (Wildman–Crippen MR) is 75.9 cm³/mol. The number of rotatable bonds is 3. The normalized spacial score (nSPS) is 39.6. The molecule has 0 spiro atoms. The van der Waals surface area contributed by atoms with Crippen LogP contribution in [-0.4, -0.2) is 61.0 Å². The van der Waals surface area contributed by atoms with Crippen molar-refractivity contribution in [1.29, 1.82) is 0 Å². The van der Waals surface area contributed by atoms with Crippen LogP contribution in [0.3, 0.4) is 0 Å². The Kier molecular flexibility index (Phi) is 3.56. The summed E-state index contributed by atoms with van der Waals surface area (Å²) in [5, 5.41) is 3.40. The van der Waals surface area contributed by atoms with Gasteiger partial charge in [0.25, 0.3) is 0 Å². The average Bonchev–Trinajstić information content (AvgIpc) is 2.90. The molecule has 0 aromatic heterocycles. The van der Waals surface area contributed by atoms with Crippen molar-refractivity contribution in [3.63, 3.8) is 0 Å². The first-order chi connectivity index (χ1) is 9.14. The molecule has 3 rings (SSSR count). The molecule has 1 saturated carbocycles. The Labute approximate surface area is 116 Å². The lowest BCUT2D eigenvalue weighted by molar-refractivity contribution is -0.132. The van der Waals surface area contributed by atoms with Crippen LogP contribution in [0.25, 0.3) is 0 Å². The van der Waals surface area contributed by atoms with Crippen LogP contribution in [0.1, 0.15) is 33.1 Å². The quantitative estimate of drug-likeness (QED) is 0.824. The van der Waals surface area contributed by atoms with E-state index in [-0.39, 0.29) is 0 Å². The van der Waals surface area contributed by atoms with Gasteiger partial charge in [-0.25, -0.2) is 0 Å². The second-order valence-corrected chi connectivity index (χ2v) is 6.78. The predicted octanol–water partition coefficient (Wildman–Crippen LogP) is 0.929. The molecular weight excluding hydrogens is 238 g/mol. The Morgan fingerprint density at radius 2 is 2.05 bits per heavy atom. The van der Waals surface area contributed by atoms with E-state index in [2.05, 4.69) is 29.0 Å². The van der Waals surface area contributed by atoms with Crippen LogP contribution in [-0.2, 0) is 4.79 Å². The number of likely N-dealkylation sites (tertiary alicyclic amines) is 1. The molecule has 2 heterocycles. The van der Waals surface area contributed by atoms with Gasteiger partial charge in [0, 0.05) is 51.2 Å². The minimum atomic E-state index is 0.310. The summed E-state index contributed by atoms with van der Waals surface area (Å²) in [5.74, 6) is 0.751. The van der Waals surface area contributed by atoms with Gasteiger partial charge >= 0.3 is 0 Å². The number of amides is 1. The van der Waals surface area contributed by atoms with Gasteiger partial charge in [0.05, 0.1) is 0 Å². The van der Waals surface area contributed by atoms with E-state index in [9.17, 15) is 4.79 Å². The molecule has 19 heavy (non-hydrogen) atoms. The van der Waals surface area contributed by atoms with E-state index in [1.54, 1.807) is 0 Å². The number of nitrogens with zero attached hydrogens (tertiary/aromatic N) is 2. The summed E-state index contributed by atoms with van der Waals surface area (Å²) in [6, 6.07) is 0.609. The molecule has 3 atom stereocenters. The number of piperazine rings is 1. The maximum Gasteiger partial charge on any atom is 0.226 e. The van der Waals surface area contributed by atoms with Crippen LogP contribution in [0.5, 0.6) is 0 Å². The van der Waals surface area contributed by atoms with Crippen LogP contribution in [0.4, 0.5) is 0 Å². The van der Waals surface area contributed by atoms with E-state index in [0.29, 0.717) is 23.3 Å². The number of hydrogen-bond donors (Lipinski definition) is 1. The fourth-order valence-corrected chi connectivity index (χ4v) is 3.69. The average molecular weight is 265 g/mol. The summed E-state index contributed by atoms with van der Waals surface area (Å²) in [5.41, 5.74) is 0.310. The number of nitrogens with one attached hydrogen (secondary N) is 1. The van der Waals surface area contributed by atoms with Gasteiger partial charge in [-0.1, -0.05) is 13.8 Å². The molecule has 3 fully saturated rings. The van der Waals surface area contributed by atoms with Crippen molar-refractivity contribution in [3.05, 3.63) is 0 Å². The highest BCUT2D eigenvalue weighted by Gasteiger charge is 2.54. The van der Waals surface area contributed by atoms with Gasteiger partial charge < -0.3 is 10.2 Å². The molecule has 0 aromatic carbocycles. The van der Waals surface area contributed by atoms with Crippen LogP contribution in [0.2, 0.25) is 0 Å². The summed E-state index contributed by atoms with van der Waals surface area (Å²) in [7, 11) is 0. The van der Waals surface area contributed by atoms with Gasteiger partial charge in [-0.3, -0.25) is 9.69 Å². The fourth-order valence-electron chi connectivity index (χ4n) is 3.69. The van der Waals surface area contributed by atoms with Crippen molar-refractivity contribution in [2.75, 3.05) is 39.3 Å². The first-order valence-corrected chi connectivity index (χ1v) is 7.87. The molecule has 1 N–H and O–H groups in total. The van der Waals surface area contributed by atoms with E-state index >= 15 is 0 Å². The first kappa shape index (κ1) is 13.4. The van der Waals surface area contributed by atoms with Gasteiger partial charge in [0.1, 0.15) is 0 Å². The number of hydrogen-bond acceptors (Lipinski definition) is 3. The van der Waals surface area contributed by atoms with Gasteiger partial charge in [0.15, 0.2) is 0 Å². The Morgan fingerprint density at radius 1 is 1.32 bits per heavy atom. The van der Waals surface area contributed by atoms with Gasteiger partial charge in [-0.05, 0) is 24.7 Å². The third-order valence-electron chi connectivity index (χ3n) is 5.60. The Bertz CT molecular complexity index is 353. The van der Waals surface area contributed by atoms with Crippen molar-refractivity contribution in [2.24, 2.45) is 11.3 Å². The molecule has 4 nitrogen and oxygen atoms in total. The maximum atomic E-state index is 12.5. The standard InChI is InChI=1S/C15H27N3O/c1-3-15(2)10-13(15)14(19)18-7-4-12(11-18)17-8-5-16-6-9-17/h12-13,16H,3-11H2,1-2H3. The Morgan fingerprint density at radius 3 is 2.68 bits per heavy atom. The van der Waals surface area contributed by atoms with Crippen molar-refractivity contribution in [1.82, 2.24) is 15.1 Å². The molecule has 3 aliphatic rings. The fraction of sp³-hybridized carbons (Fsp3) is 0.933. The lowest BCUT2D eigenvalue weighted by Gasteiger charge is -2.32. The Balaban J connectivity index is 1.53. The molecular formula is C15H27N3O. The van der Waals surface area contributed by atoms with Gasteiger partial charge in [-0.15, -0.1) is 0 Å². The highest BCUT2D eigenvalue weighted by atomic mass is 16.2. The van der Waals surface area contributed by atoms with Crippen LogP contribution in [0, 0.1) is 11.3 Å². The minimum Gasteiger partial charge on any atom is -0.341 e. The zero-order valence-corrected chi connectivity index (χ0v) is 12.3. The van der Waals surface area contributed by atoms with Crippen LogP contribution in [0.15, 0.2) is 0 Å². The number of carbonyl (C=O) groups excluding carboxylic acids is 1. The zero-order chi connectivity index (χ0) is 13.5. The third-order valence-corrected chi connectivity index (χ3v) is 5.60. The van der Waals surface area contributed by atoms with E-state index in [1.807, 2.05) is 0 Å². The SMILES string of the molecule is CCC1(C)CC1C(=O)N1CCC(N2CCNCC2)C1. The molecule has 2 saturated heterocycles. The van der Waals surface area contributed by atoms with E-state index in [4.69, 9.17) is 0 Å². The van der Waals surface area contributed by atoms with Crippen molar-refractivity contribution < 1.29 is 4.79 Å². The summed E-state index contributed by atoms with van der Waals surface area (Å²) in [6.45, 7) is 10.9. The smallest absolute Gasteiger partial charge is 0.226 e. The number of carbonyl (C=O) groups is 1. The second-order valence-electron chi connectivity index (χ2n) is 6.78. The molecule has 1 amide bonds. The highest BCUT2D eigenvalue weighted by molar-refractivity contribution is 5.82. The van der Waals surface area contributed by atoms with Crippen molar-refractivity contribution in [3.8, 4) is 0 Å². The van der Waals surface area contributed by atoms with E-state index < -0.39 is 0 Å². The zero-order valence-electron chi connectivity index (χ0n) is 12.3. The topological polar surface area (TPSA) is 35.6 Å². The van der Waals surface area contributed by atoms with Crippen molar-refractivity contribution in [2.45, 2.75) is 39.2 Å². The Hall–Kier alpha value is -0.610. The lowest BCUT2D eigenvalue weighted by atomic mass is 10.0.